The standard InChI is InChI=1S/C11H6F3N3O/c12-11(13,14)10-16-9(17-18-10)8-3-1-7(2-4-8)5-6-15/h1-4H,5H2. The normalized spacial score (nSPS) is 11.2. The fourth-order valence-electron chi connectivity index (χ4n) is 1.32. The van der Waals surface area contributed by atoms with E-state index in [-0.39, 0.29) is 12.2 Å². The van der Waals surface area contributed by atoms with Crippen LogP contribution < -0.4 is 0 Å². The molecular formula is C11H6F3N3O. The lowest BCUT2D eigenvalue weighted by Gasteiger charge is -1.97. The van der Waals surface area contributed by atoms with Crippen LogP contribution in [0.4, 0.5) is 13.2 Å². The first-order chi connectivity index (χ1) is 8.50. The molecule has 0 fully saturated rings. The molecule has 0 N–H and O–H groups in total. The van der Waals surface area contributed by atoms with Crippen LogP contribution >= 0.6 is 0 Å². The van der Waals surface area contributed by atoms with Gasteiger partial charge in [-0.15, -0.1) is 0 Å². The van der Waals surface area contributed by atoms with Gasteiger partial charge in [0.25, 0.3) is 0 Å². The summed E-state index contributed by atoms with van der Waals surface area (Å²) in [6.07, 6.45) is -4.41. The number of nitriles is 1. The molecule has 0 saturated carbocycles. The van der Waals surface area contributed by atoms with E-state index in [4.69, 9.17) is 5.26 Å². The molecule has 0 amide bonds. The smallest absolute Gasteiger partial charge is 0.329 e. The maximum atomic E-state index is 12.2. The van der Waals surface area contributed by atoms with Crippen molar-refractivity contribution >= 4 is 0 Å². The summed E-state index contributed by atoms with van der Waals surface area (Å²) in [7, 11) is 0. The Morgan fingerprint density at radius 2 is 1.89 bits per heavy atom. The van der Waals surface area contributed by atoms with Crippen molar-refractivity contribution < 1.29 is 17.7 Å². The average molecular weight is 253 g/mol. The van der Waals surface area contributed by atoms with E-state index < -0.39 is 12.1 Å². The van der Waals surface area contributed by atoms with Crippen molar-refractivity contribution in [2.75, 3.05) is 0 Å². The Balaban J connectivity index is 2.27. The van der Waals surface area contributed by atoms with Crippen molar-refractivity contribution in [1.29, 1.82) is 5.26 Å². The molecule has 2 rings (SSSR count). The Bertz CT molecular complexity index is 581. The fourth-order valence-corrected chi connectivity index (χ4v) is 1.32. The topological polar surface area (TPSA) is 62.7 Å². The van der Waals surface area contributed by atoms with E-state index in [1.807, 2.05) is 6.07 Å². The number of hydrogen-bond acceptors (Lipinski definition) is 4. The number of alkyl halides is 3. The van der Waals surface area contributed by atoms with Gasteiger partial charge in [-0.25, -0.2) is 0 Å². The zero-order valence-corrected chi connectivity index (χ0v) is 8.90. The van der Waals surface area contributed by atoms with Crippen LogP contribution in [0.2, 0.25) is 0 Å². The number of hydrogen-bond donors (Lipinski definition) is 0. The lowest BCUT2D eigenvalue weighted by Crippen LogP contribution is -2.04. The van der Waals surface area contributed by atoms with Crippen LogP contribution in [0.15, 0.2) is 28.8 Å². The van der Waals surface area contributed by atoms with Gasteiger partial charge in [0, 0.05) is 5.56 Å². The Morgan fingerprint density at radius 1 is 1.22 bits per heavy atom. The first-order valence-corrected chi connectivity index (χ1v) is 4.88. The van der Waals surface area contributed by atoms with Crippen LogP contribution in [0.25, 0.3) is 11.4 Å². The van der Waals surface area contributed by atoms with E-state index in [9.17, 15) is 13.2 Å². The van der Waals surface area contributed by atoms with Gasteiger partial charge in [0.05, 0.1) is 12.5 Å². The third-order valence-electron chi connectivity index (χ3n) is 2.16. The fraction of sp³-hybridized carbons (Fsp3) is 0.182. The molecule has 0 spiro atoms. The van der Waals surface area contributed by atoms with Crippen LogP contribution in [-0.4, -0.2) is 10.1 Å². The predicted octanol–water partition coefficient (Wildman–Crippen LogP) is 2.82. The summed E-state index contributed by atoms with van der Waals surface area (Å²) < 4.78 is 40.9. The minimum atomic E-state index is -4.65. The molecule has 0 atom stereocenters. The predicted molar refractivity (Wildman–Crippen MR) is 54.1 cm³/mol. The van der Waals surface area contributed by atoms with Crippen molar-refractivity contribution in [3.8, 4) is 17.5 Å². The van der Waals surface area contributed by atoms with Gasteiger partial charge in [0.15, 0.2) is 0 Å². The maximum absolute atomic E-state index is 12.2. The second-order valence-corrected chi connectivity index (χ2v) is 3.45. The van der Waals surface area contributed by atoms with Gasteiger partial charge in [-0.3, -0.25) is 0 Å². The van der Waals surface area contributed by atoms with E-state index >= 15 is 0 Å². The average Bonchev–Trinajstić information content (AvgIpc) is 2.79. The zero-order chi connectivity index (χ0) is 13.2. The molecule has 0 bridgehead atoms. The Morgan fingerprint density at radius 3 is 2.39 bits per heavy atom. The highest BCUT2D eigenvalue weighted by atomic mass is 19.4. The molecule has 0 aliphatic carbocycles. The van der Waals surface area contributed by atoms with Crippen molar-refractivity contribution in [1.82, 2.24) is 10.1 Å². The van der Waals surface area contributed by atoms with Crippen LogP contribution in [0.1, 0.15) is 11.5 Å². The molecule has 4 nitrogen and oxygen atoms in total. The van der Waals surface area contributed by atoms with Crippen LogP contribution in [-0.2, 0) is 12.6 Å². The summed E-state index contributed by atoms with van der Waals surface area (Å²) in [6.45, 7) is 0. The molecule has 0 aliphatic heterocycles. The Labute approximate surface area is 99.7 Å². The minimum absolute atomic E-state index is 0.133. The number of halogens is 3. The van der Waals surface area contributed by atoms with Crippen molar-refractivity contribution in [2.24, 2.45) is 0 Å². The molecule has 1 aromatic carbocycles. The van der Waals surface area contributed by atoms with Gasteiger partial charge in [-0.1, -0.05) is 29.4 Å². The second-order valence-electron chi connectivity index (χ2n) is 3.45. The largest absolute Gasteiger partial charge is 0.471 e. The highest BCUT2D eigenvalue weighted by Gasteiger charge is 2.38. The molecule has 0 aliphatic rings. The summed E-state index contributed by atoms with van der Waals surface area (Å²) in [6, 6.07) is 8.30. The molecule has 0 radical (unpaired) electrons. The number of benzene rings is 1. The van der Waals surface area contributed by atoms with Crippen LogP contribution in [0, 0.1) is 11.3 Å². The first kappa shape index (κ1) is 12.1. The molecule has 2 aromatic rings. The minimum Gasteiger partial charge on any atom is -0.329 e. The van der Waals surface area contributed by atoms with Gasteiger partial charge in [-0.05, 0) is 5.56 Å². The Hall–Kier alpha value is -2.36. The maximum Gasteiger partial charge on any atom is 0.471 e. The molecule has 7 heteroatoms. The number of rotatable bonds is 2. The van der Waals surface area contributed by atoms with E-state index in [0.717, 1.165) is 5.56 Å². The highest BCUT2D eigenvalue weighted by Crippen LogP contribution is 2.29. The van der Waals surface area contributed by atoms with E-state index in [0.29, 0.717) is 5.56 Å². The van der Waals surface area contributed by atoms with E-state index in [2.05, 4.69) is 14.7 Å². The first-order valence-electron chi connectivity index (χ1n) is 4.88. The quantitative estimate of drug-likeness (QED) is 0.825. The van der Waals surface area contributed by atoms with Gasteiger partial charge < -0.3 is 4.52 Å². The third-order valence-corrected chi connectivity index (χ3v) is 2.16. The van der Waals surface area contributed by atoms with Crippen LogP contribution in [0.3, 0.4) is 0 Å². The van der Waals surface area contributed by atoms with Crippen molar-refractivity contribution in [2.45, 2.75) is 12.6 Å². The number of aromatic nitrogens is 2. The summed E-state index contributed by atoms with van der Waals surface area (Å²) in [5.41, 5.74) is 1.16. The highest BCUT2D eigenvalue weighted by molar-refractivity contribution is 5.54. The Kier molecular flexibility index (Phi) is 3.02. The SMILES string of the molecule is N#CCc1ccc(-c2noc(C(F)(F)F)n2)cc1. The van der Waals surface area contributed by atoms with Crippen LogP contribution in [0.5, 0.6) is 0 Å². The third kappa shape index (κ3) is 2.48. The summed E-state index contributed by atoms with van der Waals surface area (Å²) in [5, 5.41) is 11.7. The monoisotopic (exact) mass is 253 g/mol. The molecular weight excluding hydrogens is 247 g/mol. The molecule has 0 unspecified atom stereocenters. The number of nitrogens with zero attached hydrogens (tertiary/aromatic N) is 3. The molecule has 1 aromatic heterocycles. The van der Waals surface area contributed by atoms with Crippen molar-refractivity contribution in [3.63, 3.8) is 0 Å². The molecule has 0 saturated heterocycles. The van der Waals surface area contributed by atoms with Gasteiger partial charge >= 0.3 is 12.1 Å². The van der Waals surface area contributed by atoms with Crippen molar-refractivity contribution in [3.05, 3.63) is 35.7 Å². The molecule has 92 valence electrons. The summed E-state index contributed by atoms with van der Waals surface area (Å²) >= 11 is 0. The summed E-state index contributed by atoms with van der Waals surface area (Å²) in [4.78, 5) is 3.26. The van der Waals surface area contributed by atoms with Gasteiger partial charge in [0.2, 0.25) is 5.82 Å². The van der Waals surface area contributed by atoms with Gasteiger partial charge in [0.1, 0.15) is 0 Å². The zero-order valence-electron chi connectivity index (χ0n) is 8.90. The van der Waals surface area contributed by atoms with E-state index in [1.54, 1.807) is 12.1 Å². The van der Waals surface area contributed by atoms with Gasteiger partial charge in [-0.2, -0.15) is 23.4 Å². The second kappa shape index (κ2) is 4.49. The lowest BCUT2D eigenvalue weighted by molar-refractivity contribution is -0.159. The lowest BCUT2D eigenvalue weighted by atomic mass is 10.1. The summed E-state index contributed by atoms with van der Waals surface area (Å²) in [5.74, 6) is -1.51. The molecule has 18 heavy (non-hydrogen) atoms. The molecule has 1 heterocycles. The van der Waals surface area contributed by atoms with E-state index in [1.165, 1.54) is 12.1 Å².